The van der Waals surface area contributed by atoms with Crippen LogP contribution in [0.4, 0.5) is 0 Å². The third kappa shape index (κ3) is 3.28. The highest BCUT2D eigenvalue weighted by Crippen LogP contribution is 2.29. The fourth-order valence-corrected chi connectivity index (χ4v) is 2.94. The van der Waals surface area contributed by atoms with Crippen molar-refractivity contribution < 1.29 is 0 Å². The van der Waals surface area contributed by atoms with E-state index in [4.69, 9.17) is 23.2 Å². The van der Waals surface area contributed by atoms with Crippen molar-refractivity contribution in [2.24, 2.45) is 0 Å². The summed E-state index contributed by atoms with van der Waals surface area (Å²) in [6, 6.07) is 5.93. The van der Waals surface area contributed by atoms with Crippen LogP contribution in [0.25, 0.3) is 11.4 Å². The fourth-order valence-electron chi connectivity index (χ4n) is 1.89. The van der Waals surface area contributed by atoms with Gasteiger partial charge in [0.2, 0.25) is 0 Å². The molecule has 0 atom stereocenters. The lowest BCUT2D eigenvalue weighted by molar-refractivity contribution is 0.902. The third-order valence-corrected chi connectivity index (χ3v) is 3.95. The van der Waals surface area contributed by atoms with Gasteiger partial charge in [-0.05, 0) is 37.1 Å². The summed E-state index contributed by atoms with van der Waals surface area (Å²) in [6.45, 7) is 4.07. The Morgan fingerprint density at radius 1 is 1.16 bits per heavy atom. The van der Waals surface area contributed by atoms with Gasteiger partial charge >= 0.3 is 0 Å². The number of aromatic nitrogens is 2. The summed E-state index contributed by atoms with van der Waals surface area (Å²) in [5.74, 6) is 0.569. The summed E-state index contributed by atoms with van der Waals surface area (Å²) < 4.78 is 1.02. The predicted octanol–water partition coefficient (Wildman–Crippen LogP) is 5.47. The van der Waals surface area contributed by atoms with E-state index in [0.29, 0.717) is 16.1 Å². The van der Waals surface area contributed by atoms with Crippen LogP contribution in [0.3, 0.4) is 0 Å². The summed E-state index contributed by atoms with van der Waals surface area (Å²) in [5, 5.41) is 0.887. The topological polar surface area (TPSA) is 25.8 Å². The van der Waals surface area contributed by atoms with E-state index in [9.17, 15) is 0 Å². The molecular weight excluding hydrogens is 347 g/mol. The molecule has 0 aliphatic rings. The average Bonchev–Trinajstić information content (AvgIpc) is 2.33. The van der Waals surface area contributed by atoms with Crippen molar-refractivity contribution in [2.45, 2.75) is 26.7 Å². The van der Waals surface area contributed by atoms with Gasteiger partial charge in [0, 0.05) is 15.6 Å². The lowest BCUT2D eigenvalue weighted by atomic mass is 10.1. The van der Waals surface area contributed by atoms with E-state index in [-0.39, 0.29) is 0 Å². The van der Waals surface area contributed by atoms with Crippen LogP contribution in [0.1, 0.15) is 24.5 Å². The zero-order chi connectivity index (χ0) is 14.0. The molecule has 0 N–H and O–H groups in total. The Labute approximate surface area is 131 Å². The Balaban J connectivity index is 2.52. The van der Waals surface area contributed by atoms with E-state index in [1.807, 2.05) is 25.1 Å². The number of aryl methyl sites for hydroxylation is 1. The van der Waals surface area contributed by atoms with Crippen LogP contribution in [-0.4, -0.2) is 9.97 Å². The fraction of sp³-hybridized carbons (Fsp3) is 0.286. The van der Waals surface area contributed by atoms with Gasteiger partial charge < -0.3 is 0 Å². The van der Waals surface area contributed by atoms with Crippen LogP contribution in [0.15, 0.2) is 22.7 Å². The zero-order valence-corrected chi connectivity index (χ0v) is 13.8. The molecule has 0 spiro atoms. The van der Waals surface area contributed by atoms with Crippen molar-refractivity contribution in [3.63, 3.8) is 0 Å². The minimum Gasteiger partial charge on any atom is -0.216 e. The van der Waals surface area contributed by atoms with Gasteiger partial charge in [0.1, 0.15) is 10.3 Å². The number of benzene rings is 1. The number of rotatable bonds is 3. The number of hydrogen-bond donors (Lipinski definition) is 0. The van der Waals surface area contributed by atoms with Gasteiger partial charge in [0.05, 0.1) is 0 Å². The quantitative estimate of drug-likeness (QED) is 0.678. The van der Waals surface area contributed by atoms with Crippen molar-refractivity contribution in [3.05, 3.63) is 44.1 Å². The van der Waals surface area contributed by atoms with Gasteiger partial charge in [-0.25, -0.2) is 9.97 Å². The Morgan fingerprint density at radius 2 is 1.79 bits per heavy atom. The SMILES string of the molecule is CCCc1c(Cl)nc(-c2ccc(Br)cc2C)nc1Cl. The lowest BCUT2D eigenvalue weighted by Crippen LogP contribution is -1.98. The maximum Gasteiger partial charge on any atom is 0.162 e. The third-order valence-electron chi connectivity index (χ3n) is 2.84. The lowest BCUT2D eigenvalue weighted by Gasteiger charge is -2.09. The van der Waals surface area contributed by atoms with E-state index in [2.05, 4.69) is 32.8 Å². The van der Waals surface area contributed by atoms with E-state index in [1.165, 1.54) is 0 Å². The van der Waals surface area contributed by atoms with Crippen LogP contribution in [0, 0.1) is 6.92 Å². The first kappa shape index (κ1) is 14.8. The largest absolute Gasteiger partial charge is 0.216 e. The number of hydrogen-bond acceptors (Lipinski definition) is 2. The van der Waals surface area contributed by atoms with Crippen LogP contribution >= 0.6 is 39.1 Å². The minimum absolute atomic E-state index is 0.444. The molecule has 0 amide bonds. The Hall–Kier alpha value is -0.640. The molecule has 0 bridgehead atoms. The van der Waals surface area contributed by atoms with Crippen LogP contribution < -0.4 is 0 Å². The first-order chi connectivity index (χ1) is 9.02. The summed E-state index contributed by atoms with van der Waals surface area (Å²) in [4.78, 5) is 8.74. The smallest absolute Gasteiger partial charge is 0.162 e. The summed E-state index contributed by atoms with van der Waals surface area (Å²) in [6.07, 6.45) is 1.75. The molecule has 2 rings (SSSR count). The molecule has 19 heavy (non-hydrogen) atoms. The highest BCUT2D eigenvalue weighted by atomic mass is 79.9. The maximum atomic E-state index is 6.20. The molecule has 0 aliphatic heterocycles. The monoisotopic (exact) mass is 358 g/mol. The van der Waals surface area contributed by atoms with Crippen LogP contribution in [-0.2, 0) is 6.42 Å². The van der Waals surface area contributed by atoms with Crippen molar-refractivity contribution in [2.75, 3.05) is 0 Å². The van der Waals surface area contributed by atoms with Crippen molar-refractivity contribution in [1.29, 1.82) is 0 Å². The first-order valence-corrected chi connectivity index (χ1v) is 7.56. The zero-order valence-electron chi connectivity index (χ0n) is 10.7. The molecule has 0 fully saturated rings. The molecule has 100 valence electrons. The summed E-state index contributed by atoms with van der Waals surface area (Å²) in [7, 11) is 0. The van der Waals surface area contributed by atoms with Crippen molar-refractivity contribution in [1.82, 2.24) is 9.97 Å². The summed E-state index contributed by atoms with van der Waals surface area (Å²) in [5.41, 5.74) is 2.84. The second kappa shape index (κ2) is 6.21. The maximum absolute atomic E-state index is 6.20. The molecule has 1 aromatic carbocycles. The van der Waals surface area contributed by atoms with E-state index in [1.54, 1.807) is 0 Å². The molecule has 1 aromatic heterocycles. The predicted molar refractivity (Wildman–Crippen MR) is 83.9 cm³/mol. The molecule has 0 unspecified atom stereocenters. The molecule has 0 saturated carbocycles. The Morgan fingerprint density at radius 3 is 2.32 bits per heavy atom. The first-order valence-electron chi connectivity index (χ1n) is 6.01. The molecule has 2 nitrogen and oxygen atoms in total. The van der Waals surface area contributed by atoms with Gasteiger partial charge in [-0.15, -0.1) is 0 Å². The number of nitrogens with zero attached hydrogens (tertiary/aromatic N) is 2. The van der Waals surface area contributed by atoms with Crippen LogP contribution in [0.5, 0.6) is 0 Å². The van der Waals surface area contributed by atoms with Crippen molar-refractivity contribution in [3.8, 4) is 11.4 Å². The Bertz CT molecular complexity index is 591. The van der Waals surface area contributed by atoms with E-state index in [0.717, 1.165) is 34.0 Å². The average molecular weight is 360 g/mol. The number of halogens is 3. The summed E-state index contributed by atoms with van der Waals surface area (Å²) >= 11 is 15.8. The van der Waals surface area contributed by atoms with Crippen molar-refractivity contribution >= 4 is 39.1 Å². The minimum atomic E-state index is 0.444. The highest BCUT2D eigenvalue weighted by Gasteiger charge is 2.13. The van der Waals surface area contributed by atoms with Gasteiger partial charge in [0.25, 0.3) is 0 Å². The molecule has 5 heteroatoms. The molecular formula is C14H13BrCl2N2. The molecule has 0 aliphatic carbocycles. The van der Waals surface area contributed by atoms with Gasteiger partial charge in [-0.3, -0.25) is 0 Å². The standard InChI is InChI=1S/C14H13BrCl2N2/c1-3-4-11-12(16)18-14(19-13(11)17)10-6-5-9(15)7-8(10)2/h5-7H,3-4H2,1-2H3. The second-order valence-electron chi connectivity index (χ2n) is 4.32. The normalized spacial score (nSPS) is 10.8. The second-order valence-corrected chi connectivity index (χ2v) is 5.95. The molecule has 1 heterocycles. The Kier molecular flexibility index (Phi) is 4.82. The van der Waals surface area contributed by atoms with Gasteiger partial charge in [-0.2, -0.15) is 0 Å². The van der Waals surface area contributed by atoms with E-state index < -0.39 is 0 Å². The van der Waals surface area contributed by atoms with Crippen LogP contribution in [0.2, 0.25) is 10.3 Å². The van der Waals surface area contributed by atoms with E-state index >= 15 is 0 Å². The highest BCUT2D eigenvalue weighted by molar-refractivity contribution is 9.10. The molecule has 0 radical (unpaired) electrons. The van der Waals surface area contributed by atoms with Gasteiger partial charge in [0.15, 0.2) is 5.82 Å². The van der Waals surface area contributed by atoms with Gasteiger partial charge in [-0.1, -0.05) is 52.5 Å². The molecule has 2 aromatic rings. The molecule has 0 saturated heterocycles.